The second kappa shape index (κ2) is 4.39. The lowest BCUT2D eigenvalue weighted by molar-refractivity contribution is -0.384. The molecule has 16 heavy (non-hydrogen) atoms. The molecule has 0 aliphatic heterocycles. The highest BCUT2D eigenvalue weighted by atomic mass is 35.5. The van der Waals surface area contributed by atoms with Crippen LogP contribution in [0.15, 0.2) is 18.2 Å². The fraction of sp³-hybridized carbons (Fsp3) is 0.455. The molecular formula is C11H13ClN2O2. The Kier molecular flexibility index (Phi) is 3.12. The zero-order valence-corrected chi connectivity index (χ0v) is 9.48. The minimum Gasteiger partial charge on any atom is -0.327 e. The van der Waals surface area contributed by atoms with Crippen LogP contribution in [0, 0.1) is 16.0 Å². The monoisotopic (exact) mass is 240 g/mol. The van der Waals surface area contributed by atoms with Crippen molar-refractivity contribution >= 4 is 17.3 Å². The van der Waals surface area contributed by atoms with Gasteiger partial charge in [-0.3, -0.25) is 10.1 Å². The van der Waals surface area contributed by atoms with Gasteiger partial charge >= 0.3 is 0 Å². The first-order valence-electron chi connectivity index (χ1n) is 5.26. The molecule has 2 N–H and O–H groups in total. The molecule has 0 radical (unpaired) electrons. The van der Waals surface area contributed by atoms with Gasteiger partial charge in [-0.05, 0) is 30.7 Å². The van der Waals surface area contributed by atoms with Crippen molar-refractivity contribution < 1.29 is 4.92 Å². The molecule has 4 nitrogen and oxygen atoms in total. The molecule has 2 rings (SSSR count). The molecule has 0 amide bonds. The van der Waals surface area contributed by atoms with E-state index in [-0.39, 0.29) is 11.7 Å². The summed E-state index contributed by atoms with van der Waals surface area (Å²) in [5, 5.41) is 11.0. The highest BCUT2D eigenvalue weighted by Crippen LogP contribution is 2.34. The van der Waals surface area contributed by atoms with Crippen LogP contribution < -0.4 is 5.73 Å². The number of rotatable bonds is 4. The van der Waals surface area contributed by atoms with Gasteiger partial charge in [0.1, 0.15) is 0 Å². The highest BCUT2D eigenvalue weighted by molar-refractivity contribution is 6.31. The van der Waals surface area contributed by atoms with Gasteiger partial charge in [0.25, 0.3) is 5.69 Å². The highest BCUT2D eigenvalue weighted by Gasteiger charge is 2.28. The van der Waals surface area contributed by atoms with Gasteiger partial charge in [0.05, 0.1) is 9.95 Å². The van der Waals surface area contributed by atoms with E-state index >= 15 is 0 Å². The van der Waals surface area contributed by atoms with E-state index in [0.29, 0.717) is 17.4 Å². The second-order valence-corrected chi connectivity index (χ2v) is 4.65. The molecule has 1 aromatic rings. The molecule has 1 aliphatic rings. The quantitative estimate of drug-likeness (QED) is 0.650. The van der Waals surface area contributed by atoms with Gasteiger partial charge in [-0.1, -0.05) is 17.7 Å². The second-order valence-electron chi connectivity index (χ2n) is 4.24. The summed E-state index contributed by atoms with van der Waals surface area (Å²) in [5.41, 5.74) is 6.90. The van der Waals surface area contributed by atoms with E-state index in [0.717, 1.165) is 5.56 Å². The van der Waals surface area contributed by atoms with Gasteiger partial charge < -0.3 is 5.73 Å². The van der Waals surface area contributed by atoms with Gasteiger partial charge in [-0.15, -0.1) is 0 Å². The number of nitro benzene ring substituents is 1. The van der Waals surface area contributed by atoms with E-state index in [9.17, 15) is 10.1 Å². The number of hydrogen-bond donors (Lipinski definition) is 1. The van der Waals surface area contributed by atoms with E-state index < -0.39 is 4.92 Å². The van der Waals surface area contributed by atoms with Crippen molar-refractivity contribution in [3.63, 3.8) is 0 Å². The average molecular weight is 241 g/mol. The molecule has 1 atom stereocenters. The zero-order chi connectivity index (χ0) is 11.7. The first-order valence-corrected chi connectivity index (χ1v) is 5.64. The fourth-order valence-electron chi connectivity index (χ4n) is 1.76. The van der Waals surface area contributed by atoms with Crippen LogP contribution in [0.5, 0.6) is 0 Å². The molecule has 1 aromatic carbocycles. The molecular weight excluding hydrogens is 228 g/mol. The van der Waals surface area contributed by atoms with Crippen molar-refractivity contribution in [1.29, 1.82) is 0 Å². The zero-order valence-electron chi connectivity index (χ0n) is 8.73. The molecule has 1 aliphatic carbocycles. The van der Waals surface area contributed by atoms with Crippen molar-refractivity contribution in [3.05, 3.63) is 38.9 Å². The van der Waals surface area contributed by atoms with Gasteiger partial charge in [0.2, 0.25) is 0 Å². The summed E-state index contributed by atoms with van der Waals surface area (Å²) in [6, 6.07) is 4.68. The van der Waals surface area contributed by atoms with Crippen molar-refractivity contribution in [2.24, 2.45) is 11.7 Å². The Balaban J connectivity index is 2.12. The predicted molar refractivity (Wildman–Crippen MR) is 62.5 cm³/mol. The summed E-state index contributed by atoms with van der Waals surface area (Å²) >= 11 is 5.98. The van der Waals surface area contributed by atoms with Crippen LogP contribution in [0.3, 0.4) is 0 Å². The normalized spacial score (nSPS) is 17.1. The van der Waals surface area contributed by atoms with Crippen LogP contribution in [0.1, 0.15) is 18.4 Å². The number of non-ortho nitro benzene ring substituents is 1. The Bertz CT molecular complexity index is 418. The molecule has 5 heteroatoms. The first-order chi connectivity index (χ1) is 7.58. The van der Waals surface area contributed by atoms with Crippen molar-refractivity contribution in [1.82, 2.24) is 0 Å². The molecule has 0 aromatic heterocycles. The van der Waals surface area contributed by atoms with Crippen molar-refractivity contribution in [2.45, 2.75) is 25.3 Å². The van der Waals surface area contributed by atoms with Crippen LogP contribution in [-0.2, 0) is 6.42 Å². The Morgan fingerprint density at radius 1 is 1.56 bits per heavy atom. The topological polar surface area (TPSA) is 69.2 Å². The number of nitro groups is 1. The fourth-order valence-corrected chi connectivity index (χ4v) is 2.01. The maximum absolute atomic E-state index is 10.5. The molecule has 0 spiro atoms. The SMILES string of the molecule is NC(Cc1ccc([N+](=O)[O-])cc1Cl)C1CC1. The van der Waals surface area contributed by atoms with Gasteiger partial charge in [0, 0.05) is 18.2 Å². The molecule has 1 unspecified atom stereocenters. The van der Waals surface area contributed by atoms with E-state index in [1.165, 1.54) is 25.0 Å². The Morgan fingerprint density at radius 3 is 2.75 bits per heavy atom. The van der Waals surface area contributed by atoms with Crippen LogP contribution in [0.2, 0.25) is 5.02 Å². The van der Waals surface area contributed by atoms with E-state index in [2.05, 4.69) is 0 Å². The van der Waals surface area contributed by atoms with Crippen LogP contribution in [0.4, 0.5) is 5.69 Å². The Labute approximate surface area is 98.5 Å². The number of nitrogens with two attached hydrogens (primary N) is 1. The van der Waals surface area contributed by atoms with E-state index in [1.54, 1.807) is 6.07 Å². The minimum absolute atomic E-state index is 0.0220. The summed E-state index contributed by atoms with van der Waals surface area (Å²) in [4.78, 5) is 10.1. The largest absolute Gasteiger partial charge is 0.327 e. The lowest BCUT2D eigenvalue weighted by atomic mass is 10.0. The number of hydrogen-bond acceptors (Lipinski definition) is 3. The first kappa shape index (κ1) is 11.4. The Hall–Kier alpha value is -1.13. The molecule has 0 heterocycles. The Morgan fingerprint density at radius 2 is 2.25 bits per heavy atom. The van der Waals surface area contributed by atoms with E-state index in [1.807, 2.05) is 0 Å². The minimum atomic E-state index is -0.448. The molecule has 0 bridgehead atoms. The molecule has 0 saturated heterocycles. The van der Waals surface area contributed by atoms with Gasteiger partial charge in [-0.25, -0.2) is 0 Å². The summed E-state index contributed by atoms with van der Waals surface area (Å²) < 4.78 is 0. The predicted octanol–water partition coefficient (Wildman–Crippen LogP) is 2.53. The van der Waals surface area contributed by atoms with E-state index in [4.69, 9.17) is 17.3 Å². The third-order valence-corrected chi connectivity index (χ3v) is 3.28. The summed E-state index contributed by atoms with van der Waals surface area (Å²) in [6.45, 7) is 0. The maximum atomic E-state index is 10.5. The number of nitrogens with zero attached hydrogens (tertiary/aromatic N) is 1. The maximum Gasteiger partial charge on any atom is 0.270 e. The summed E-state index contributed by atoms with van der Waals surface area (Å²) in [7, 11) is 0. The van der Waals surface area contributed by atoms with Crippen LogP contribution >= 0.6 is 11.6 Å². The third-order valence-electron chi connectivity index (χ3n) is 2.93. The smallest absolute Gasteiger partial charge is 0.270 e. The van der Waals surface area contributed by atoms with Crippen molar-refractivity contribution in [2.75, 3.05) is 0 Å². The summed E-state index contributed by atoms with van der Waals surface area (Å²) in [6.07, 6.45) is 3.07. The van der Waals surface area contributed by atoms with Gasteiger partial charge in [0.15, 0.2) is 0 Å². The lowest BCUT2D eigenvalue weighted by Crippen LogP contribution is -2.25. The molecule has 1 saturated carbocycles. The number of benzene rings is 1. The molecule has 86 valence electrons. The van der Waals surface area contributed by atoms with Crippen molar-refractivity contribution in [3.8, 4) is 0 Å². The average Bonchev–Trinajstić information content (AvgIpc) is 3.03. The van der Waals surface area contributed by atoms with Gasteiger partial charge in [-0.2, -0.15) is 0 Å². The number of halogens is 1. The standard InChI is InChI=1S/C11H13ClN2O2/c12-10-6-9(14(15)16)4-3-8(10)5-11(13)7-1-2-7/h3-4,6-7,11H,1-2,5,13H2. The third kappa shape index (κ3) is 2.51. The van der Waals surface area contributed by atoms with Crippen LogP contribution in [0.25, 0.3) is 0 Å². The summed E-state index contributed by atoms with van der Waals surface area (Å²) in [5.74, 6) is 0.603. The molecule has 1 fully saturated rings. The van der Waals surface area contributed by atoms with Crippen LogP contribution in [-0.4, -0.2) is 11.0 Å². The lowest BCUT2D eigenvalue weighted by Gasteiger charge is -2.11.